The predicted octanol–water partition coefficient (Wildman–Crippen LogP) is 1.39. The van der Waals surface area contributed by atoms with E-state index in [4.69, 9.17) is 4.52 Å². The lowest BCUT2D eigenvalue weighted by Gasteiger charge is -2.08. The van der Waals surface area contributed by atoms with Crippen molar-refractivity contribution in [2.45, 2.75) is 13.3 Å². The highest BCUT2D eigenvalue weighted by atomic mass is 16.5. The molecule has 0 bridgehead atoms. The molecule has 6 heteroatoms. The van der Waals surface area contributed by atoms with Crippen LogP contribution in [0.25, 0.3) is 0 Å². The van der Waals surface area contributed by atoms with Gasteiger partial charge in [0, 0.05) is 31.3 Å². The summed E-state index contributed by atoms with van der Waals surface area (Å²) in [5.41, 5.74) is 2.69. The molecule has 0 saturated carbocycles. The second-order valence-electron chi connectivity index (χ2n) is 4.12. The number of carbonyl (C=O) groups is 1. The maximum Gasteiger partial charge on any atom is 0.251 e. The Kier molecular flexibility index (Phi) is 4.12. The number of anilines is 1. The summed E-state index contributed by atoms with van der Waals surface area (Å²) in [6.07, 6.45) is 1.87. The molecule has 2 aromatic rings. The number of rotatable bonds is 5. The van der Waals surface area contributed by atoms with Gasteiger partial charge < -0.3 is 15.2 Å². The molecule has 0 unspecified atom stereocenters. The van der Waals surface area contributed by atoms with Gasteiger partial charge in [-0.15, -0.1) is 0 Å². The third kappa shape index (κ3) is 3.31. The Hall–Kier alpha value is -2.37. The van der Waals surface area contributed by atoms with E-state index in [2.05, 4.69) is 20.8 Å². The third-order valence-corrected chi connectivity index (χ3v) is 2.79. The first kappa shape index (κ1) is 13.1. The van der Waals surface area contributed by atoms with Crippen LogP contribution < -0.4 is 10.6 Å². The smallest absolute Gasteiger partial charge is 0.251 e. The van der Waals surface area contributed by atoms with Gasteiger partial charge in [-0.05, 0) is 30.7 Å². The number of amides is 1. The molecular weight excluding hydrogens is 244 g/mol. The molecule has 2 N–H and O–H groups in total. The summed E-state index contributed by atoms with van der Waals surface area (Å²) in [5.74, 6) is 0.410. The zero-order valence-corrected chi connectivity index (χ0v) is 10.9. The minimum Gasteiger partial charge on any atom is -0.388 e. The molecular formula is C13H16N4O2. The molecule has 0 radical (unpaired) electrons. The van der Waals surface area contributed by atoms with Gasteiger partial charge in [0.25, 0.3) is 5.91 Å². The minimum absolute atomic E-state index is 0.106. The first-order chi connectivity index (χ1) is 9.20. The van der Waals surface area contributed by atoms with Crippen LogP contribution in [0.1, 0.15) is 21.8 Å². The van der Waals surface area contributed by atoms with Gasteiger partial charge in [0.1, 0.15) is 0 Å². The van der Waals surface area contributed by atoms with Crippen LogP contribution >= 0.6 is 0 Å². The van der Waals surface area contributed by atoms with Gasteiger partial charge in [0.05, 0.1) is 0 Å². The van der Waals surface area contributed by atoms with Crippen LogP contribution in [-0.4, -0.2) is 29.6 Å². The van der Waals surface area contributed by atoms with Crippen molar-refractivity contribution in [3.8, 4) is 0 Å². The second-order valence-corrected chi connectivity index (χ2v) is 4.12. The molecule has 6 nitrogen and oxygen atoms in total. The molecule has 0 fully saturated rings. The van der Waals surface area contributed by atoms with E-state index in [1.54, 1.807) is 6.07 Å². The number of carbonyl (C=O) groups excluding carboxylic acids is 1. The molecule has 0 aliphatic heterocycles. The van der Waals surface area contributed by atoms with Gasteiger partial charge in [-0.3, -0.25) is 4.79 Å². The highest BCUT2D eigenvalue weighted by molar-refractivity contribution is 5.94. The third-order valence-electron chi connectivity index (χ3n) is 2.79. The Labute approximate surface area is 111 Å². The van der Waals surface area contributed by atoms with Crippen molar-refractivity contribution < 1.29 is 9.32 Å². The summed E-state index contributed by atoms with van der Waals surface area (Å²) in [7, 11) is 1.85. The lowest BCUT2D eigenvalue weighted by Crippen LogP contribution is -2.25. The van der Waals surface area contributed by atoms with Gasteiger partial charge in [-0.1, -0.05) is 5.16 Å². The van der Waals surface area contributed by atoms with Crippen LogP contribution in [0.15, 0.2) is 29.0 Å². The van der Waals surface area contributed by atoms with Crippen LogP contribution in [0.2, 0.25) is 0 Å². The summed E-state index contributed by atoms with van der Waals surface area (Å²) in [5, 5.41) is 9.38. The summed E-state index contributed by atoms with van der Waals surface area (Å²) < 4.78 is 4.85. The van der Waals surface area contributed by atoms with Crippen molar-refractivity contribution in [2.75, 3.05) is 18.9 Å². The van der Waals surface area contributed by atoms with E-state index in [-0.39, 0.29) is 5.91 Å². The summed E-state index contributed by atoms with van der Waals surface area (Å²) in [4.78, 5) is 15.8. The van der Waals surface area contributed by atoms with Crippen LogP contribution in [0, 0.1) is 6.92 Å². The van der Waals surface area contributed by atoms with E-state index < -0.39 is 0 Å². The predicted molar refractivity (Wildman–Crippen MR) is 71.1 cm³/mol. The molecule has 0 saturated heterocycles. The van der Waals surface area contributed by atoms with Crippen molar-refractivity contribution in [3.05, 3.63) is 41.5 Å². The molecule has 1 amide bonds. The normalized spacial score (nSPS) is 10.2. The second kappa shape index (κ2) is 5.99. The average molecular weight is 260 g/mol. The molecule has 1 aromatic heterocycles. The van der Waals surface area contributed by atoms with Crippen molar-refractivity contribution in [1.82, 2.24) is 15.5 Å². The fraction of sp³-hybridized carbons (Fsp3) is 0.308. The topological polar surface area (TPSA) is 80.0 Å². The van der Waals surface area contributed by atoms with Crippen molar-refractivity contribution in [1.29, 1.82) is 0 Å². The molecule has 0 aliphatic carbocycles. The van der Waals surface area contributed by atoms with Crippen LogP contribution in [0.4, 0.5) is 5.69 Å². The molecule has 2 rings (SSSR count). The number of hydrogen-bond donors (Lipinski definition) is 2. The Morgan fingerprint density at radius 2 is 2.26 bits per heavy atom. The molecule has 1 aromatic carbocycles. The standard InChI is InChI=1S/C13H16N4O2/c1-9-7-10(3-4-11(9)14-2)13(18)15-6-5-12-16-8-17-19-12/h3-4,7-8,14H,5-6H2,1-2H3,(H,15,18). The van der Waals surface area contributed by atoms with E-state index in [1.165, 1.54) is 6.33 Å². The summed E-state index contributed by atoms with van der Waals surface area (Å²) >= 11 is 0. The first-order valence-electron chi connectivity index (χ1n) is 6.03. The van der Waals surface area contributed by atoms with Crippen molar-refractivity contribution >= 4 is 11.6 Å². The van der Waals surface area contributed by atoms with E-state index in [1.807, 2.05) is 26.1 Å². The fourth-order valence-electron chi connectivity index (χ4n) is 1.78. The summed E-state index contributed by atoms with van der Waals surface area (Å²) in [6, 6.07) is 5.54. The zero-order chi connectivity index (χ0) is 13.7. The number of aryl methyl sites for hydroxylation is 1. The Morgan fingerprint density at radius 3 is 2.89 bits per heavy atom. The fourth-order valence-corrected chi connectivity index (χ4v) is 1.78. The van der Waals surface area contributed by atoms with E-state index in [9.17, 15) is 4.79 Å². The Bertz CT molecular complexity index is 552. The van der Waals surface area contributed by atoms with E-state index >= 15 is 0 Å². The number of hydrogen-bond acceptors (Lipinski definition) is 5. The lowest BCUT2D eigenvalue weighted by atomic mass is 10.1. The van der Waals surface area contributed by atoms with E-state index in [0.717, 1.165) is 11.3 Å². The molecule has 100 valence electrons. The number of aromatic nitrogens is 2. The van der Waals surface area contributed by atoms with E-state index in [0.29, 0.717) is 24.4 Å². The van der Waals surface area contributed by atoms with Gasteiger partial charge in [-0.25, -0.2) is 0 Å². The van der Waals surface area contributed by atoms with Gasteiger partial charge in [-0.2, -0.15) is 4.98 Å². The van der Waals surface area contributed by atoms with Crippen molar-refractivity contribution in [3.63, 3.8) is 0 Å². The van der Waals surface area contributed by atoms with Gasteiger partial charge in [0.15, 0.2) is 6.33 Å². The molecule has 0 atom stereocenters. The SMILES string of the molecule is CNc1ccc(C(=O)NCCc2ncno2)cc1C. The van der Waals surface area contributed by atoms with Crippen LogP contribution in [0.5, 0.6) is 0 Å². The largest absolute Gasteiger partial charge is 0.388 e. The quantitative estimate of drug-likeness (QED) is 0.849. The van der Waals surface area contributed by atoms with Crippen LogP contribution in [0.3, 0.4) is 0 Å². The minimum atomic E-state index is -0.106. The summed E-state index contributed by atoms with van der Waals surface area (Å²) in [6.45, 7) is 2.43. The Morgan fingerprint density at radius 1 is 1.42 bits per heavy atom. The van der Waals surface area contributed by atoms with Crippen molar-refractivity contribution in [2.24, 2.45) is 0 Å². The molecule has 1 heterocycles. The maximum atomic E-state index is 11.9. The van der Waals surface area contributed by atoms with Crippen LogP contribution in [-0.2, 0) is 6.42 Å². The van der Waals surface area contributed by atoms with Gasteiger partial charge >= 0.3 is 0 Å². The highest BCUT2D eigenvalue weighted by Gasteiger charge is 2.07. The number of nitrogens with one attached hydrogen (secondary N) is 2. The molecule has 19 heavy (non-hydrogen) atoms. The Balaban J connectivity index is 1.91. The van der Waals surface area contributed by atoms with Gasteiger partial charge in [0.2, 0.25) is 5.89 Å². The first-order valence-corrected chi connectivity index (χ1v) is 6.03. The highest BCUT2D eigenvalue weighted by Crippen LogP contribution is 2.15. The number of benzene rings is 1. The molecule has 0 spiro atoms. The zero-order valence-electron chi connectivity index (χ0n) is 10.9. The average Bonchev–Trinajstić information content (AvgIpc) is 2.91. The molecule has 0 aliphatic rings. The lowest BCUT2D eigenvalue weighted by molar-refractivity contribution is 0.0953. The number of nitrogens with zero attached hydrogens (tertiary/aromatic N) is 2. The maximum absolute atomic E-state index is 11.9. The monoisotopic (exact) mass is 260 g/mol.